The lowest BCUT2D eigenvalue weighted by atomic mass is 10.1. The van der Waals surface area contributed by atoms with E-state index in [4.69, 9.17) is 0 Å². The lowest BCUT2D eigenvalue weighted by Crippen LogP contribution is -2.39. The maximum absolute atomic E-state index is 10.3. The number of nitrogens with one attached hydrogen (secondary N) is 2. The third-order valence-corrected chi connectivity index (χ3v) is 1.81. The van der Waals surface area contributed by atoms with E-state index in [0.717, 1.165) is 26.2 Å². The average Bonchev–Trinajstić information content (AvgIpc) is 2.26. The molecule has 4 heteroatoms. The van der Waals surface area contributed by atoms with Crippen LogP contribution in [0.1, 0.15) is 0 Å². The van der Waals surface area contributed by atoms with Crippen LogP contribution in [0, 0.1) is 0 Å². The van der Waals surface area contributed by atoms with Gasteiger partial charge in [-0.25, -0.2) is 0 Å². The fourth-order valence-electron chi connectivity index (χ4n) is 1.05. The number of piperazine rings is 1. The van der Waals surface area contributed by atoms with Crippen LogP contribution >= 0.6 is 0 Å². The maximum atomic E-state index is 10.3. The fraction of sp³-hybridized carbons (Fsp3) is 0.400. The molecule has 1 heterocycles. The molecular weight excluding hydrogens is 180 g/mol. The molecule has 2 N–H and O–H groups in total. The van der Waals surface area contributed by atoms with Crippen molar-refractivity contribution in [1.29, 1.82) is 0 Å². The summed E-state index contributed by atoms with van der Waals surface area (Å²) in [6.07, 6.45) is 5.60. The fourth-order valence-corrected chi connectivity index (χ4v) is 1.05. The van der Waals surface area contributed by atoms with Gasteiger partial charge in [0.15, 0.2) is 0 Å². The Labute approximate surface area is 83.1 Å². The summed E-state index contributed by atoms with van der Waals surface area (Å²) in [7, 11) is 0. The summed E-state index contributed by atoms with van der Waals surface area (Å²) in [6, 6.07) is 0. The van der Waals surface area contributed by atoms with Crippen LogP contribution < -0.4 is 10.6 Å². The zero-order chi connectivity index (χ0) is 10.2. The van der Waals surface area contributed by atoms with E-state index in [1.54, 1.807) is 12.2 Å². The van der Waals surface area contributed by atoms with Gasteiger partial charge in [-0.1, -0.05) is 12.2 Å². The summed E-state index contributed by atoms with van der Waals surface area (Å²) in [4.78, 5) is 20.6. The topological polar surface area (TPSA) is 58.2 Å². The van der Waals surface area contributed by atoms with E-state index in [0.29, 0.717) is 0 Å². The highest BCUT2D eigenvalue weighted by Gasteiger charge is 2.06. The number of hydrogen-bond donors (Lipinski definition) is 2. The van der Waals surface area contributed by atoms with Crippen LogP contribution in [0.2, 0.25) is 0 Å². The lowest BCUT2D eigenvalue weighted by Gasteiger charge is -2.11. The predicted octanol–water partition coefficient (Wildman–Crippen LogP) is -0.570. The van der Waals surface area contributed by atoms with Crippen molar-refractivity contribution in [3.63, 3.8) is 0 Å². The molecule has 0 unspecified atom stereocenters. The van der Waals surface area contributed by atoms with E-state index >= 15 is 0 Å². The molecule has 0 aromatic carbocycles. The standard InChI is InChI=1S/C6H4O2.C4H10N2/c7-5-3-1-2-4-6(5)8;1-2-6-4-3-5-1/h1-4H;5-6H,1-4H2. The zero-order valence-electron chi connectivity index (χ0n) is 7.95. The Bertz CT molecular complexity index is 232. The first-order valence-corrected chi connectivity index (χ1v) is 4.65. The molecule has 0 radical (unpaired) electrons. The molecule has 1 aliphatic heterocycles. The van der Waals surface area contributed by atoms with Crippen LogP contribution in [0.4, 0.5) is 0 Å². The van der Waals surface area contributed by atoms with E-state index in [2.05, 4.69) is 10.6 Å². The Morgan fingerprint density at radius 3 is 1.36 bits per heavy atom. The SMILES string of the molecule is C1CNCCN1.O=C1C=CC=CC1=O. The van der Waals surface area contributed by atoms with Crippen LogP contribution in [-0.2, 0) is 9.59 Å². The van der Waals surface area contributed by atoms with E-state index in [9.17, 15) is 9.59 Å². The smallest absolute Gasteiger partial charge is 0.225 e. The first-order chi connectivity index (χ1) is 6.80. The predicted molar refractivity (Wildman–Crippen MR) is 54.0 cm³/mol. The molecule has 0 bridgehead atoms. The van der Waals surface area contributed by atoms with Gasteiger partial charge in [0, 0.05) is 26.2 Å². The Balaban J connectivity index is 0.000000146. The molecule has 2 rings (SSSR count). The third-order valence-electron chi connectivity index (χ3n) is 1.81. The Morgan fingerprint density at radius 1 is 0.786 bits per heavy atom. The van der Waals surface area contributed by atoms with Crippen LogP contribution in [0.25, 0.3) is 0 Å². The van der Waals surface area contributed by atoms with Gasteiger partial charge >= 0.3 is 0 Å². The van der Waals surface area contributed by atoms with Gasteiger partial charge in [-0.2, -0.15) is 0 Å². The van der Waals surface area contributed by atoms with Gasteiger partial charge in [0.2, 0.25) is 11.6 Å². The molecule has 4 nitrogen and oxygen atoms in total. The monoisotopic (exact) mass is 194 g/mol. The van der Waals surface area contributed by atoms with Crippen LogP contribution in [0.3, 0.4) is 0 Å². The summed E-state index contributed by atoms with van der Waals surface area (Å²) in [5.41, 5.74) is 0. The molecular formula is C10H14N2O2. The maximum Gasteiger partial charge on any atom is 0.225 e. The average molecular weight is 194 g/mol. The number of carbonyl (C=O) groups is 2. The molecule has 0 aromatic heterocycles. The molecule has 0 spiro atoms. The first kappa shape index (κ1) is 10.8. The van der Waals surface area contributed by atoms with Gasteiger partial charge in [-0.05, 0) is 12.2 Å². The zero-order valence-corrected chi connectivity index (χ0v) is 7.95. The number of hydrogen-bond acceptors (Lipinski definition) is 4. The summed E-state index contributed by atoms with van der Waals surface area (Å²) >= 11 is 0. The minimum atomic E-state index is -0.437. The van der Waals surface area contributed by atoms with Gasteiger partial charge in [0.05, 0.1) is 0 Å². The van der Waals surface area contributed by atoms with E-state index in [-0.39, 0.29) is 0 Å². The molecule has 0 saturated carbocycles. The highest BCUT2D eigenvalue weighted by atomic mass is 16.2. The summed E-state index contributed by atoms with van der Waals surface area (Å²) < 4.78 is 0. The number of carbonyl (C=O) groups excluding carboxylic acids is 2. The van der Waals surface area contributed by atoms with Crippen molar-refractivity contribution in [2.45, 2.75) is 0 Å². The highest BCUT2D eigenvalue weighted by molar-refractivity contribution is 6.46. The normalized spacial score (nSPS) is 20.3. The van der Waals surface area contributed by atoms with Crippen molar-refractivity contribution < 1.29 is 9.59 Å². The molecule has 2 aliphatic rings. The van der Waals surface area contributed by atoms with Crippen LogP contribution in [0.15, 0.2) is 24.3 Å². The molecule has 0 aromatic rings. The molecule has 0 amide bonds. The van der Waals surface area contributed by atoms with E-state index in [1.165, 1.54) is 12.2 Å². The van der Waals surface area contributed by atoms with Gasteiger partial charge in [-0.3, -0.25) is 9.59 Å². The van der Waals surface area contributed by atoms with Gasteiger partial charge in [0.1, 0.15) is 0 Å². The first-order valence-electron chi connectivity index (χ1n) is 4.65. The molecule has 14 heavy (non-hydrogen) atoms. The Morgan fingerprint density at radius 2 is 1.14 bits per heavy atom. The second-order valence-corrected chi connectivity index (χ2v) is 2.95. The van der Waals surface area contributed by atoms with Crippen LogP contribution in [0.5, 0.6) is 0 Å². The third kappa shape index (κ3) is 4.11. The minimum Gasteiger partial charge on any atom is -0.314 e. The molecule has 1 aliphatic carbocycles. The number of rotatable bonds is 0. The largest absolute Gasteiger partial charge is 0.314 e. The van der Waals surface area contributed by atoms with Gasteiger partial charge < -0.3 is 10.6 Å². The number of ketones is 2. The Kier molecular flexibility index (Phi) is 4.82. The van der Waals surface area contributed by atoms with Crippen molar-refractivity contribution >= 4 is 11.6 Å². The van der Waals surface area contributed by atoms with E-state index in [1.807, 2.05) is 0 Å². The second-order valence-electron chi connectivity index (χ2n) is 2.95. The summed E-state index contributed by atoms with van der Waals surface area (Å²) in [5.74, 6) is -0.875. The lowest BCUT2D eigenvalue weighted by molar-refractivity contribution is -0.131. The molecule has 1 saturated heterocycles. The minimum absolute atomic E-state index is 0.437. The van der Waals surface area contributed by atoms with Crippen LogP contribution in [-0.4, -0.2) is 37.7 Å². The van der Waals surface area contributed by atoms with Crippen molar-refractivity contribution in [3.05, 3.63) is 24.3 Å². The molecule has 0 atom stereocenters. The second kappa shape index (κ2) is 6.23. The summed E-state index contributed by atoms with van der Waals surface area (Å²) in [5, 5.41) is 6.44. The quantitative estimate of drug-likeness (QED) is 0.400. The highest BCUT2D eigenvalue weighted by Crippen LogP contribution is 1.90. The van der Waals surface area contributed by atoms with Crippen molar-refractivity contribution in [2.75, 3.05) is 26.2 Å². The van der Waals surface area contributed by atoms with Gasteiger partial charge in [-0.15, -0.1) is 0 Å². The molecule has 76 valence electrons. The van der Waals surface area contributed by atoms with Crippen molar-refractivity contribution in [3.8, 4) is 0 Å². The van der Waals surface area contributed by atoms with Crippen molar-refractivity contribution in [2.24, 2.45) is 0 Å². The molecule has 1 fully saturated rings. The summed E-state index contributed by atoms with van der Waals surface area (Å²) in [6.45, 7) is 4.56. The van der Waals surface area contributed by atoms with Gasteiger partial charge in [0.25, 0.3) is 0 Å². The van der Waals surface area contributed by atoms with Crippen molar-refractivity contribution in [1.82, 2.24) is 10.6 Å². The Hall–Kier alpha value is -1.26. The van der Waals surface area contributed by atoms with E-state index < -0.39 is 11.6 Å². The number of allylic oxidation sites excluding steroid dienone is 4.